The molecule has 2 rings (SSSR count). The average molecular weight is 330 g/mol. The molecule has 0 unspecified atom stereocenters. The molecule has 1 aliphatic heterocycles. The second-order valence-electron chi connectivity index (χ2n) is 4.78. The molecule has 116 valence electrons. The number of ether oxygens (including phenoxy) is 1. The Kier molecular flexibility index (Phi) is 5.46. The summed E-state index contributed by atoms with van der Waals surface area (Å²) in [5.74, 6) is 1.06. The van der Waals surface area contributed by atoms with Gasteiger partial charge in [-0.05, 0) is 12.5 Å². The number of nitrogens with zero attached hydrogens (tertiary/aromatic N) is 1. The minimum absolute atomic E-state index is 0.0358. The van der Waals surface area contributed by atoms with Gasteiger partial charge in [-0.25, -0.2) is 13.4 Å². The summed E-state index contributed by atoms with van der Waals surface area (Å²) >= 11 is 1.40. The molecule has 6 nitrogen and oxygen atoms in total. The van der Waals surface area contributed by atoms with Crippen LogP contribution >= 0.6 is 11.8 Å². The van der Waals surface area contributed by atoms with E-state index in [2.05, 4.69) is 10.3 Å². The lowest BCUT2D eigenvalue weighted by molar-refractivity contribution is -0.118. The second-order valence-corrected chi connectivity index (χ2v) is 8.30. The highest BCUT2D eigenvalue weighted by molar-refractivity contribution is 8.02. The van der Waals surface area contributed by atoms with Crippen LogP contribution < -0.4 is 10.1 Å². The quantitative estimate of drug-likeness (QED) is 0.823. The lowest BCUT2D eigenvalue weighted by atomic mass is 10.2. The molecule has 1 saturated heterocycles. The summed E-state index contributed by atoms with van der Waals surface area (Å²) in [5.41, 5.74) is 0.807. The molecule has 0 aromatic carbocycles. The van der Waals surface area contributed by atoms with Gasteiger partial charge in [0.15, 0.2) is 9.84 Å². The second kappa shape index (κ2) is 7.13. The Morgan fingerprint density at radius 3 is 3.05 bits per heavy atom. The molecule has 1 amide bonds. The summed E-state index contributed by atoms with van der Waals surface area (Å²) < 4.78 is 27.8. The Morgan fingerprint density at radius 1 is 1.57 bits per heavy atom. The molecule has 1 aromatic heterocycles. The van der Waals surface area contributed by atoms with Crippen molar-refractivity contribution < 1.29 is 17.9 Å². The monoisotopic (exact) mass is 330 g/mol. The molecule has 1 N–H and O–H groups in total. The van der Waals surface area contributed by atoms with Crippen LogP contribution in [0.4, 0.5) is 0 Å². The van der Waals surface area contributed by atoms with Gasteiger partial charge in [0.25, 0.3) is 0 Å². The number of pyridine rings is 1. The zero-order chi connectivity index (χ0) is 15.3. The minimum atomic E-state index is -2.88. The van der Waals surface area contributed by atoms with E-state index in [0.717, 1.165) is 5.56 Å². The number of aromatic nitrogens is 1. The number of thioether (sulfide) groups is 1. The fourth-order valence-corrected chi connectivity index (χ4v) is 5.55. The number of sulfone groups is 1. The van der Waals surface area contributed by atoms with Crippen molar-refractivity contribution >= 4 is 27.5 Å². The summed E-state index contributed by atoms with van der Waals surface area (Å²) in [6.45, 7) is 0.347. The summed E-state index contributed by atoms with van der Waals surface area (Å²) in [7, 11) is -1.35. The molecular formula is C13H18N2O4S2. The van der Waals surface area contributed by atoms with Crippen molar-refractivity contribution in [1.82, 2.24) is 10.3 Å². The molecule has 1 atom stereocenters. The van der Waals surface area contributed by atoms with E-state index in [4.69, 9.17) is 4.74 Å². The number of rotatable bonds is 6. The van der Waals surface area contributed by atoms with Crippen molar-refractivity contribution in [2.45, 2.75) is 18.2 Å². The third-order valence-electron chi connectivity index (χ3n) is 3.16. The highest BCUT2D eigenvalue weighted by Crippen LogP contribution is 2.24. The van der Waals surface area contributed by atoms with E-state index in [0.29, 0.717) is 18.8 Å². The van der Waals surface area contributed by atoms with Crippen LogP contribution in [0.2, 0.25) is 0 Å². The molecule has 0 spiro atoms. The Labute approximate surface area is 128 Å². The summed E-state index contributed by atoms with van der Waals surface area (Å²) in [4.78, 5) is 15.8. The molecule has 0 saturated carbocycles. The van der Waals surface area contributed by atoms with E-state index < -0.39 is 9.84 Å². The smallest absolute Gasteiger partial charge is 0.230 e. The van der Waals surface area contributed by atoms with Crippen molar-refractivity contribution in [3.05, 3.63) is 23.9 Å². The van der Waals surface area contributed by atoms with Crippen molar-refractivity contribution in [2.75, 3.05) is 24.4 Å². The van der Waals surface area contributed by atoms with E-state index in [1.54, 1.807) is 12.3 Å². The molecule has 0 radical (unpaired) electrons. The molecule has 8 heteroatoms. The van der Waals surface area contributed by atoms with Gasteiger partial charge in [-0.3, -0.25) is 4.79 Å². The summed E-state index contributed by atoms with van der Waals surface area (Å²) in [6.07, 6.45) is 2.26. The number of nitrogens with one attached hydrogen (secondary N) is 1. The molecule has 21 heavy (non-hydrogen) atoms. The minimum Gasteiger partial charge on any atom is -0.481 e. The van der Waals surface area contributed by atoms with Crippen LogP contribution in [0.3, 0.4) is 0 Å². The highest BCUT2D eigenvalue weighted by Gasteiger charge is 2.28. The number of hydrogen-bond donors (Lipinski definition) is 1. The lowest BCUT2D eigenvalue weighted by Gasteiger charge is -2.10. The first-order chi connectivity index (χ1) is 10.00. The largest absolute Gasteiger partial charge is 0.481 e. The van der Waals surface area contributed by atoms with Gasteiger partial charge in [0.1, 0.15) is 0 Å². The van der Waals surface area contributed by atoms with Gasteiger partial charge < -0.3 is 10.1 Å². The number of amides is 1. The van der Waals surface area contributed by atoms with Gasteiger partial charge in [0, 0.05) is 23.6 Å². The van der Waals surface area contributed by atoms with Gasteiger partial charge in [0.05, 0.1) is 24.4 Å². The van der Waals surface area contributed by atoms with E-state index in [-0.39, 0.29) is 28.4 Å². The average Bonchev–Trinajstić information content (AvgIpc) is 2.82. The maximum absolute atomic E-state index is 11.8. The highest BCUT2D eigenvalue weighted by atomic mass is 32.2. The Hall–Kier alpha value is -1.28. The zero-order valence-corrected chi connectivity index (χ0v) is 13.4. The van der Waals surface area contributed by atoms with Crippen LogP contribution in [-0.2, 0) is 21.2 Å². The summed E-state index contributed by atoms with van der Waals surface area (Å²) in [5, 5.41) is 2.82. The van der Waals surface area contributed by atoms with Gasteiger partial charge >= 0.3 is 0 Å². The maximum Gasteiger partial charge on any atom is 0.230 e. The van der Waals surface area contributed by atoms with Crippen LogP contribution in [0, 0.1) is 0 Å². The molecule has 0 bridgehead atoms. The number of carbonyl (C=O) groups excluding carboxylic acids is 1. The fourth-order valence-electron chi connectivity index (χ4n) is 2.07. The Balaban J connectivity index is 1.75. The van der Waals surface area contributed by atoms with Crippen LogP contribution in [0.25, 0.3) is 0 Å². The Morgan fingerprint density at radius 2 is 2.38 bits per heavy atom. The third kappa shape index (κ3) is 4.89. The van der Waals surface area contributed by atoms with E-state index in [9.17, 15) is 13.2 Å². The molecule has 1 fully saturated rings. The molecule has 0 aliphatic carbocycles. The summed E-state index contributed by atoms with van der Waals surface area (Å²) in [6, 6.07) is 3.62. The van der Waals surface area contributed by atoms with Crippen LogP contribution in [0.5, 0.6) is 5.88 Å². The van der Waals surface area contributed by atoms with Gasteiger partial charge in [0.2, 0.25) is 11.8 Å². The van der Waals surface area contributed by atoms with Gasteiger partial charge in [-0.2, -0.15) is 0 Å². The zero-order valence-electron chi connectivity index (χ0n) is 11.7. The standard InChI is InChI=1S/C13H18N2O4S2/c1-19-13-10(3-2-5-14-13)7-15-12(16)8-20-11-4-6-21(17,18)9-11/h2-3,5,11H,4,6-9H2,1H3,(H,15,16)/t11-/m1/s1. The Bertz CT molecular complexity index is 604. The normalized spacial score (nSPS) is 20.1. The van der Waals surface area contributed by atoms with Crippen LogP contribution in [0.15, 0.2) is 18.3 Å². The molecule has 1 aromatic rings. The molecule has 2 heterocycles. The SMILES string of the molecule is COc1ncccc1CNC(=O)CS[C@@H]1CCS(=O)(=O)C1. The first-order valence-electron chi connectivity index (χ1n) is 6.57. The van der Waals surface area contributed by atoms with E-state index in [1.807, 2.05) is 6.07 Å². The van der Waals surface area contributed by atoms with E-state index in [1.165, 1.54) is 18.9 Å². The van der Waals surface area contributed by atoms with Crippen LogP contribution in [-0.4, -0.2) is 48.9 Å². The van der Waals surface area contributed by atoms with Crippen molar-refractivity contribution in [1.29, 1.82) is 0 Å². The lowest BCUT2D eigenvalue weighted by Crippen LogP contribution is -2.26. The molecule has 1 aliphatic rings. The van der Waals surface area contributed by atoms with Gasteiger partial charge in [-0.15, -0.1) is 11.8 Å². The van der Waals surface area contributed by atoms with Crippen LogP contribution in [0.1, 0.15) is 12.0 Å². The van der Waals surface area contributed by atoms with Gasteiger partial charge in [-0.1, -0.05) is 6.07 Å². The fraction of sp³-hybridized carbons (Fsp3) is 0.538. The van der Waals surface area contributed by atoms with Crippen molar-refractivity contribution in [3.8, 4) is 5.88 Å². The third-order valence-corrected chi connectivity index (χ3v) is 6.44. The molecular weight excluding hydrogens is 312 g/mol. The van der Waals surface area contributed by atoms with E-state index >= 15 is 0 Å². The number of carbonyl (C=O) groups is 1. The van der Waals surface area contributed by atoms with Crippen molar-refractivity contribution in [3.63, 3.8) is 0 Å². The predicted octanol–water partition coefficient (Wildman–Crippen LogP) is 0.627. The van der Waals surface area contributed by atoms with Crippen molar-refractivity contribution in [2.24, 2.45) is 0 Å². The number of methoxy groups -OCH3 is 1. The maximum atomic E-state index is 11.8. The topological polar surface area (TPSA) is 85.4 Å². The number of hydrogen-bond acceptors (Lipinski definition) is 6. The first-order valence-corrected chi connectivity index (χ1v) is 9.44. The predicted molar refractivity (Wildman–Crippen MR) is 82.2 cm³/mol. The first kappa shape index (κ1) is 16.1.